The molecule has 0 spiro atoms. The van der Waals surface area contributed by atoms with E-state index >= 15 is 0 Å². The van der Waals surface area contributed by atoms with E-state index in [1.807, 2.05) is 19.1 Å². The summed E-state index contributed by atoms with van der Waals surface area (Å²) < 4.78 is 0. The van der Waals surface area contributed by atoms with Crippen molar-refractivity contribution in [1.29, 1.82) is 0 Å². The normalized spacial score (nSPS) is 20.9. The van der Waals surface area contributed by atoms with Gasteiger partial charge in [0.15, 0.2) is 0 Å². The molecule has 1 unspecified atom stereocenters. The molecule has 1 amide bonds. The molecule has 1 fully saturated rings. The lowest BCUT2D eigenvalue weighted by molar-refractivity contribution is -0.121. The van der Waals surface area contributed by atoms with Crippen LogP contribution in [0.25, 0.3) is 0 Å². The second-order valence-corrected chi connectivity index (χ2v) is 4.87. The molecule has 0 saturated carbocycles. The molecular formula is C13H17ClN2O2. The number of hydrogen-bond donors (Lipinski definition) is 2. The molecule has 1 heterocycles. The number of anilines is 1. The molecule has 2 N–H and O–H groups in total. The van der Waals surface area contributed by atoms with Crippen LogP contribution in [-0.4, -0.2) is 36.8 Å². The third-order valence-electron chi connectivity index (χ3n) is 3.16. The predicted octanol–water partition coefficient (Wildman–Crippen LogP) is 1.34. The molecule has 2 rings (SSSR count). The third kappa shape index (κ3) is 2.66. The lowest BCUT2D eigenvalue weighted by atomic mass is 10.2. The fraction of sp³-hybridized carbons (Fsp3) is 0.462. The van der Waals surface area contributed by atoms with E-state index in [1.165, 1.54) is 0 Å². The molecule has 0 aliphatic carbocycles. The molecule has 98 valence electrons. The Bertz CT molecular complexity index is 451. The van der Waals surface area contributed by atoms with Crippen LogP contribution in [0.1, 0.15) is 12.0 Å². The van der Waals surface area contributed by atoms with Crippen LogP contribution in [0.3, 0.4) is 0 Å². The van der Waals surface area contributed by atoms with Crippen LogP contribution in [0.2, 0.25) is 5.02 Å². The Labute approximate surface area is 112 Å². The van der Waals surface area contributed by atoms with Crippen molar-refractivity contribution >= 4 is 23.2 Å². The molecule has 1 atom stereocenters. The summed E-state index contributed by atoms with van der Waals surface area (Å²) in [6.45, 7) is 3.11. The summed E-state index contributed by atoms with van der Waals surface area (Å²) in [6, 6.07) is 5.07. The minimum Gasteiger partial charge on any atom is -0.394 e. The molecule has 0 radical (unpaired) electrons. The Hall–Kier alpha value is -1.10. The summed E-state index contributed by atoms with van der Waals surface area (Å²) in [4.78, 5) is 13.9. The molecule has 1 aromatic rings. The Morgan fingerprint density at radius 3 is 3.00 bits per heavy atom. The zero-order valence-electron chi connectivity index (χ0n) is 10.3. The smallest absolute Gasteiger partial charge is 0.246 e. The number of nitrogens with zero attached hydrogens (tertiary/aromatic N) is 1. The van der Waals surface area contributed by atoms with E-state index in [-0.39, 0.29) is 12.5 Å². The molecule has 4 nitrogen and oxygen atoms in total. The maximum absolute atomic E-state index is 12.2. The molecule has 1 aliphatic heterocycles. The quantitative estimate of drug-likeness (QED) is 0.851. The van der Waals surface area contributed by atoms with Crippen LogP contribution in [0.15, 0.2) is 18.2 Å². The highest BCUT2D eigenvalue weighted by Gasteiger charge is 2.27. The first-order valence-electron chi connectivity index (χ1n) is 6.05. The van der Waals surface area contributed by atoms with E-state index in [1.54, 1.807) is 11.0 Å². The molecule has 0 bridgehead atoms. The van der Waals surface area contributed by atoms with Crippen molar-refractivity contribution in [2.75, 3.05) is 24.6 Å². The number of carbonyl (C=O) groups excluding carboxylic acids is 1. The Morgan fingerprint density at radius 1 is 1.56 bits per heavy atom. The van der Waals surface area contributed by atoms with Gasteiger partial charge in [-0.05, 0) is 37.6 Å². The van der Waals surface area contributed by atoms with Gasteiger partial charge in [-0.3, -0.25) is 4.79 Å². The van der Waals surface area contributed by atoms with E-state index in [0.717, 1.165) is 24.2 Å². The van der Waals surface area contributed by atoms with E-state index in [2.05, 4.69) is 5.32 Å². The van der Waals surface area contributed by atoms with Crippen molar-refractivity contribution in [2.24, 2.45) is 0 Å². The van der Waals surface area contributed by atoms with Gasteiger partial charge in [0.1, 0.15) is 6.04 Å². The Balaban J connectivity index is 2.29. The second-order valence-electron chi connectivity index (χ2n) is 4.47. The molecule has 1 aromatic carbocycles. The Kier molecular flexibility index (Phi) is 4.22. The lowest BCUT2D eigenvalue weighted by Crippen LogP contribution is -2.45. The van der Waals surface area contributed by atoms with Crippen LogP contribution in [0.5, 0.6) is 0 Å². The van der Waals surface area contributed by atoms with Crippen molar-refractivity contribution in [3.8, 4) is 0 Å². The minimum absolute atomic E-state index is 0.102. The van der Waals surface area contributed by atoms with Gasteiger partial charge >= 0.3 is 0 Å². The fourth-order valence-electron chi connectivity index (χ4n) is 2.05. The van der Waals surface area contributed by atoms with Gasteiger partial charge < -0.3 is 15.3 Å². The molecular weight excluding hydrogens is 252 g/mol. The van der Waals surface area contributed by atoms with Gasteiger partial charge in [-0.25, -0.2) is 0 Å². The van der Waals surface area contributed by atoms with E-state index in [4.69, 9.17) is 11.6 Å². The van der Waals surface area contributed by atoms with Gasteiger partial charge in [0.25, 0.3) is 0 Å². The van der Waals surface area contributed by atoms with Crippen molar-refractivity contribution in [3.05, 3.63) is 28.8 Å². The fourth-order valence-corrected chi connectivity index (χ4v) is 2.22. The number of benzene rings is 1. The van der Waals surface area contributed by atoms with Gasteiger partial charge in [0.05, 0.1) is 6.61 Å². The number of rotatable bonds is 2. The number of carbonyl (C=O) groups is 1. The number of amides is 1. The zero-order chi connectivity index (χ0) is 13.1. The number of aryl methyl sites for hydroxylation is 1. The standard InChI is InChI=1S/C13H17ClN2O2/c1-9-3-4-10(7-11(9)14)16-6-2-5-15-12(8-17)13(16)18/h3-4,7,12,15,17H,2,5-6,8H2,1H3. The van der Waals surface area contributed by atoms with Crippen LogP contribution < -0.4 is 10.2 Å². The molecule has 0 aromatic heterocycles. The van der Waals surface area contributed by atoms with Crippen molar-refractivity contribution in [2.45, 2.75) is 19.4 Å². The number of aliphatic hydroxyl groups excluding tert-OH is 1. The van der Waals surface area contributed by atoms with Crippen LogP contribution in [-0.2, 0) is 4.79 Å². The Morgan fingerprint density at radius 2 is 2.33 bits per heavy atom. The average Bonchev–Trinajstić information content (AvgIpc) is 2.54. The maximum atomic E-state index is 12.2. The molecule has 1 aliphatic rings. The van der Waals surface area contributed by atoms with E-state index < -0.39 is 6.04 Å². The SMILES string of the molecule is Cc1ccc(N2CCCNC(CO)C2=O)cc1Cl. The second kappa shape index (κ2) is 5.69. The van der Waals surface area contributed by atoms with Crippen molar-refractivity contribution in [3.63, 3.8) is 0 Å². The van der Waals surface area contributed by atoms with Gasteiger partial charge in [-0.15, -0.1) is 0 Å². The highest BCUT2D eigenvalue weighted by atomic mass is 35.5. The number of halogens is 1. The van der Waals surface area contributed by atoms with Crippen molar-refractivity contribution < 1.29 is 9.90 Å². The summed E-state index contributed by atoms with van der Waals surface area (Å²) >= 11 is 6.09. The first-order valence-corrected chi connectivity index (χ1v) is 6.43. The summed E-state index contributed by atoms with van der Waals surface area (Å²) in [5, 5.41) is 12.9. The van der Waals surface area contributed by atoms with Gasteiger partial charge in [-0.2, -0.15) is 0 Å². The maximum Gasteiger partial charge on any atom is 0.246 e. The summed E-state index contributed by atoms with van der Waals surface area (Å²) in [7, 11) is 0. The van der Waals surface area contributed by atoms with Crippen LogP contribution in [0, 0.1) is 6.92 Å². The monoisotopic (exact) mass is 268 g/mol. The largest absolute Gasteiger partial charge is 0.394 e. The van der Waals surface area contributed by atoms with E-state index in [9.17, 15) is 9.90 Å². The summed E-state index contributed by atoms with van der Waals surface area (Å²) in [5.41, 5.74) is 1.78. The highest BCUT2D eigenvalue weighted by molar-refractivity contribution is 6.31. The molecule has 1 saturated heterocycles. The van der Waals surface area contributed by atoms with Gasteiger partial charge in [0, 0.05) is 17.3 Å². The topological polar surface area (TPSA) is 52.6 Å². The van der Waals surface area contributed by atoms with Gasteiger partial charge in [0.2, 0.25) is 5.91 Å². The highest BCUT2D eigenvalue weighted by Crippen LogP contribution is 2.24. The van der Waals surface area contributed by atoms with E-state index in [0.29, 0.717) is 11.6 Å². The van der Waals surface area contributed by atoms with Crippen molar-refractivity contribution in [1.82, 2.24) is 5.32 Å². The number of aliphatic hydroxyl groups is 1. The molecule has 18 heavy (non-hydrogen) atoms. The third-order valence-corrected chi connectivity index (χ3v) is 3.57. The first-order chi connectivity index (χ1) is 8.63. The molecule has 5 heteroatoms. The zero-order valence-corrected chi connectivity index (χ0v) is 11.1. The summed E-state index contributed by atoms with van der Waals surface area (Å²) in [5.74, 6) is -0.102. The van der Waals surface area contributed by atoms with Gasteiger partial charge in [-0.1, -0.05) is 17.7 Å². The predicted molar refractivity (Wildman–Crippen MR) is 72.0 cm³/mol. The minimum atomic E-state index is -0.521. The number of nitrogens with one attached hydrogen (secondary N) is 1. The van der Waals surface area contributed by atoms with Crippen LogP contribution in [0.4, 0.5) is 5.69 Å². The lowest BCUT2D eigenvalue weighted by Gasteiger charge is -2.24. The average molecular weight is 269 g/mol. The first kappa shape index (κ1) is 13.3. The van der Waals surface area contributed by atoms with Crippen LogP contribution >= 0.6 is 11.6 Å². The summed E-state index contributed by atoms with van der Waals surface area (Å²) in [6.07, 6.45) is 0.855. The number of hydrogen-bond acceptors (Lipinski definition) is 3.